The van der Waals surface area contributed by atoms with Crippen molar-refractivity contribution in [3.8, 4) is 0 Å². The van der Waals surface area contributed by atoms with E-state index in [4.69, 9.17) is 4.98 Å². The average molecular weight is 378 g/mol. The quantitative estimate of drug-likeness (QED) is 0.680. The first-order valence-corrected chi connectivity index (χ1v) is 9.39. The lowest BCUT2D eigenvalue weighted by Crippen LogP contribution is -2.47. The summed E-state index contributed by atoms with van der Waals surface area (Å²) < 4.78 is 13.1. The predicted molar refractivity (Wildman–Crippen MR) is 109 cm³/mol. The molecule has 1 saturated heterocycles. The van der Waals surface area contributed by atoms with Gasteiger partial charge in [-0.1, -0.05) is 30.3 Å². The summed E-state index contributed by atoms with van der Waals surface area (Å²) in [6.07, 6.45) is 1.72. The van der Waals surface area contributed by atoms with Crippen LogP contribution in [0.4, 0.5) is 21.8 Å². The van der Waals surface area contributed by atoms with Crippen LogP contribution in [0.2, 0.25) is 0 Å². The van der Waals surface area contributed by atoms with Crippen molar-refractivity contribution in [1.29, 1.82) is 0 Å². The number of hydrogen-bond acceptors (Lipinski definition) is 6. The zero-order valence-corrected chi connectivity index (χ0v) is 15.9. The Kier molecular flexibility index (Phi) is 5.32. The number of halogens is 1. The predicted octanol–water partition coefficient (Wildman–Crippen LogP) is 2.97. The molecule has 6 nitrogen and oxygen atoms in total. The van der Waals surface area contributed by atoms with E-state index in [0.717, 1.165) is 44.2 Å². The second kappa shape index (κ2) is 8.21. The number of piperazine rings is 1. The fraction of sp³-hybridized carbons (Fsp3) is 0.286. The Balaban J connectivity index is 1.40. The molecule has 1 fully saturated rings. The third-order valence-electron chi connectivity index (χ3n) is 4.93. The Morgan fingerprint density at radius 2 is 1.61 bits per heavy atom. The summed E-state index contributed by atoms with van der Waals surface area (Å²) in [6.45, 7) is 4.09. The van der Waals surface area contributed by atoms with Gasteiger partial charge in [-0.2, -0.15) is 10.1 Å². The number of anilines is 3. The summed E-state index contributed by atoms with van der Waals surface area (Å²) in [7, 11) is 1.97. The van der Waals surface area contributed by atoms with Crippen LogP contribution in [0, 0.1) is 5.82 Å². The molecular formula is C21H23FN6. The molecule has 7 heteroatoms. The van der Waals surface area contributed by atoms with Crippen molar-refractivity contribution >= 4 is 17.5 Å². The fourth-order valence-electron chi connectivity index (χ4n) is 3.37. The molecule has 1 aliphatic heterocycles. The summed E-state index contributed by atoms with van der Waals surface area (Å²) in [5.41, 5.74) is 2.25. The van der Waals surface area contributed by atoms with Gasteiger partial charge in [0, 0.05) is 45.5 Å². The van der Waals surface area contributed by atoms with E-state index in [1.165, 1.54) is 17.7 Å². The second-order valence-corrected chi connectivity index (χ2v) is 6.91. The number of nitrogens with zero attached hydrogens (tertiary/aromatic N) is 6. The summed E-state index contributed by atoms with van der Waals surface area (Å²) >= 11 is 0. The second-order valence-electron chi connectivity index (χ2n) is 6.91. The summed E-state index contributed by atoms with van der Waals surface area (Å²) in [5.74, 6) is 1.24. The van der Waals surface area contributed by atoms with Crippen LogP contribution < -0.4 is 14.7 Å². The van der Waals surface area contributed by atoms with Crippen molar-refractivity contribution < 1.29 is 4.39 Å². The minimum absolute atomic E-state index is 0.207. The van der Waals surface area contributed by atoms with Crippen molar-refractivity contribution in [2.45, 2.75) is 6.54 Å². The maximum Gasteiger partial charge on any atom is 0.247 e. The van der Waals surface area contributed by atoms with Crippen molar-refractivity contribution in [3.05, 3.63) is 72.2 Å². The van der Waals surface area contributed by atoms with E-state index < -0.39 is 0 Å². The van der Waals surface area contributed by atoms with Crippen LogP contribution >= 0.6 is 0 Å². The molecule has 0 spiro atoms. The van der Waals surface area contributed by atoms with E-state index in [0.29, 0.717) is 5.95 Å². The van der Waals surface area contributed by atoms with Gasteiger partial charge in [0.05, 0.1) is 6.20 Å². The smallest absolute Gasteiger partial charge is 0.247 e. The topological polar surface area (TPSA) is 48.4 Å². The summed E-state index contributed by atoms with van der Waals surface area (Å²) in [5, 5.41) is 8.35. The molecule has 0 unspecified atom stereocenters. The standard InChI is InChI=1S/C21H23FN6/c1-26(16-17-5-3-2-4-6-17)21-24-20(15-23-25-21)28-13-11-27(12-14-28)19-9-7-18(22)8-10-19/h2-10,15H,11-14,16H2,1H3. The molecule has 1 aliphatic rings. The minimum atomic E-state index is -0.207. The lowest BCUT2D eigenvalue weighted by molar-refractivity contribution is 0.623. The van der Waals surface area contributed by atoms with Gasteiger partial charge in [-0.25, -0.2) is 4.39 Å². The Hall–Kier alpha value is -3.22. The molecule has 0 atom stereocenters. The maximum absolute atomic E-state index is 13.1. The van der Waals surface area contributed by atoms with Crippen LogP contribution in [-0.2, 0) is 6.54 Å². The fourth-order valence-corrected chi connectivity index (χ4v) is 3.37. The largest absolute Gasteiger partial charge is 0.368 e. The lowest BCUT2D eigenvalue weighted by Gasteiger charge is -2.36. The van der Waals surface area contributed by atoms with Crippen LogP contribution in [0.1, 0.15) is 5.56 Å². The van der Waals surface area contributed by atoms with Crippen LogP contribution in [0.3, 0.4) is 0 Å². The van der Waals surface area contributed by atoms with Crippen molar-refractivity contribution in [3.63, 3.8) is 0 Å². The van der Waals surface area contributed by atoms with Crippen molar-refractivity contribution in [1.82, 2.24) is 15.2 Å². The highest BCUT2D eigenvalue weighted by Crippen LogP contribution is 2.20. The van der Waals surface area contributed by atoms with Gasteiger partial charge in [0.15, 0.2) is 5.82 Å². The molecular weight excluding hydrogens is 355 g/mol. The Bertz CT molecular complexity index is 894. The Morgan fingerprint density at radius 3 is 2.32 bits per heavy atom. The molecule has 0 bridgehead atoms. The van der Waals surface area contributed by atoms with Gasteiger partial charge in [-0.15, -0.1) is 5.10 Å². The summed E-state index contributed by atoms with van der Waals surface area (Å²) in [6, 6.07) is 16.9. The van der Waals surface area contributed by atoms with E-state index in [9.17, 15) is 4.39 Å². The molecule has 2 heterocycles. The molecule has 4 rings (SSSR count). The zero-order valence-electron chi connectivity index (χ0n) is 15.9. The normalized spacial score (nSPS) is 14.2. The maximum atomic E-state index is 13.1. The highest BCUT2D eigenvalue weighted by Gasteiger charge is 2.19. The highest BCUT2D eigenvalue weighted by molar-refractivity contribution is 5.49. The van der Waals surface area contributed by atoms with Gasteiger partial charge in [0.25, 0.3) is 0 Å². The SMILES string of the molecule is CN(Cc1ccccc1)c1nncc(N2CCN(c3ccc(F)cc3)CC2)n1. The highest BCUT2D eigenvalue weighted by atomic mass is 19.1. The first kappa shape index (κ1) is 18.2. The molecule has 0 aliphatic carbocycles. The Labute approximate surface area is 164 Å². The first-order chi connectivity index (χ1) is 13.7. The van der Waals surface area contributed by atoms with Gasteiger partial charge >= 0.3 is 0 Å². The van der Waals surface area contributed by atoms with E-state index in [1.54, 1.807) is 6.20 Å². The zero-order chi connectivity index (χ0) is 19.3. The van der Waals surface area contributed by atoms with E-state index >= 15 is 0 Å². The molecule has 3 aromatic rings. The molecule has 0 amide bonds. The van der Waals surface area contributed by atoms with Crippen LogP contribution in [0.5, 0.6) is 0 Å². The molecule has 0 saturated carbocycles. The number of rotatable bonds is 5. The average Bonchev–Trinajstić information content (AvgIpc) is 2.75. The molecule has 28 heavy (non-hydrogen) atoms. The van der Waals surface area contributed by atoms with E-state index in [-0.39, 0.29) is 5.82 Å². The molecule has 2 aromatic carbocycles. The Morgan fingerprint density at radius 1 is 0.929 bits per heavy atom. The van der Waals surface area contributed by atoms with Crippen LogP contribution in [0.25, 0.3) is 0 Å². The number of hydrogen-bond donors (Lipinski definition) is 0. The van der Waals surface area contributed by atoms with Gasteiger partial charge < -0.3 is 14.7 Å². The third kappa shape index (κ3) is 4.19. The van der Waals surface area contributed by atoms with E-state index in [2.05, 4.69) is 32.1 Å². The third-order valence-corrected chi connectivity index (χ3v) is 4.93. The van der Waals surface area contributed by atoms with Gasteiger partial charge in [-0.3, -0.25) is 0 Å². The number of benzene rings is 2. The van der Waals surface area contributed by atoms with Crippen LogP contribution in [-0.4, -0.2) is 48.4 Å². The molecule has 1 aromatic heterocycles. The van der Waals surface area contributed by atoms with Gasteiger partial charge in [-0.05, 0) is 29.8 Å². The van der Waals surface area contributed by atoms with Crippen molar-refractivity contribution in [2.75, 3.05) is 47.9 Å². The summed E-state index contributed by atoms with van der Waals surface area (Å²) in [4.78, 5) is 11.2. The van der Waals surface area contributed by atoms with Gasteiger partial charge in [0.1, 0.15) is 5.82 Å². The minimum Gasteiger partial charge on any atom is -0.368 e. The molecule has 144 valence electrons. The first-order valence-electron chi connectivity index (χ1n) is 9.39. The van der Waals surface area contributed by atoms with Crippen LogP contribution in [0.15, 0.2) is 60.8 Å². The van der Waals surface area contributed by atoms with Gasteiger partial charge in [0.2, 0.25) is 5.95 Å². The monoisotopic (exact) mass is 378 g/mol. The lowest BCUT2D eigenvalue weighted by atomic mass is 10.2. The molecule has 0 radical (unpaired) electrons. The van der Waals surface area contributed by atoms with Crippen molar-refractivity contribution in [2.24, 2.45) is 0 Å². The number of aromatic nitrogens is 3. The van der Waals surface area contributed by atoms with E-state index in [1.807, 2.05) is 42.3 Å². The molecule has 0 N–H and O–H groups in total.